The largest absolute Gasteiger partial charge is 0.478 e. The van der Waals surface area contributed by atoms with E-state index >= 15 is 0 Å². The maximum Gasteiger partial charge on any atom is 0.339 e. The first-order valence-corrected chi connectivity index (χ1v) is 7.34. The molecule has 0 amide bonds. The van der Waals surface area contributed by atoms with E-state index in [9.17, 15) is 9.90 Å². The molecule has 0 atom stereocenters. The average Bonchev–Trinajstić information content (AvgIpc) is 2.59. The SMILES string of the molecule is C=C/C=C/C(=Nc1ccncc1C(=O)O)N=C(N)c1cccc(C)n1. The second kappa shape index (κ2) is 8.30. The number of pyridine rings is 2. The number of carbonyl (C=O) groups is 1. The molecule has 25 heavy (non-hydrogen) atoms. The highest BCUT2D eigenvalue weighted by Gasteiger charge is 2.10. The first-order valence-electron chi connectivity index (χ1n) is 7.34. The number of aromatic nitrogens is 2. The zero-order chi connectivity index (χ0) is 18.2. The number of aromatic carboxylic acids is 1. The quantitative estimate of drug-likeness (QED) is 0.495. The number of aryl methyl sites for hydroxylation is 1. The van der Waals surface area contributed by atoms with Crippen molar-refractivity contribution < 1.29 is 9.90 Å². The van der Waals surface area contributed by atoms with E-state index in [1.165, 1.54) is 18.5 Å². The Labute approximate surface area is 145 Å². The highest BCUT2D eigenvalue weighted by atomic mass is 16.4. The van der Waals surface area contributed by atoms with Gasteiger partial charge in [0.25, 0.3) is 0 Å². The van der Waals surface area contributed by atoms with Crippen molar-refractivity contribution >= 4 is 23.3 Å². The highest BCUT2D eigenvalue weighted by molar-refractivity contribution is 6.09. The van der Waals surface area contributed by atoms with Gasteiger partial charge in [0.2, 0.25) is 0 Å². The van der Waals surface area contributed by atoms with Crippen molar-refractivity contribution in [2.45, 2.75) is 6.92 Å². The van der Waals surface area contributed by atoms with Crippen LogP contribution in [-0.4, -0.2) is 32.7 Å². The Morgan fingerprint density at radius 3 is 2.84 bits per heavy atom. The van der Waals surface area contributed by atoms with Crippen LogP contribution in [0.25, 0.3) is 0 Å². The Morgan fingerprint density at radius 1 is 1.36 bits per heavy atom. The molecule has 2 aromatic heterocycles. The Balaban J connectivity index is 2.50. The van der Waals surface area contributed by atoms with Gasteiger partial charge < -0.3 is 10.8 Å². The summed E-state index contributed by atoms with van der Waals surface area (Å²) in [4.78, 5) is 27.9. The number of carboxylic acids is 1. The summed E-state index contributed by atoms with van der Waals surface area (Å²) in [7, 11) is 0. The van der Waals surface area contributed by atoms with E-state index in [2.05, 4.69) is 26.5 Å². The fourth-order valence-corrected chi connectivity index (χ4v) is 1.89. The summed E-state index contributed by atoms with van der Waals surface area (Å²) in [5.74, 6) is -0.743. The molecule has 0 aromatic carbocycles. The lowest BCUT2D eigenvalue weighted by atomic mass is 10.2. The first kappa shape index (κ1) is 17.7. The maximum atomic E-state index is 11.3. The van der Waals surface area contributed by atoms with Crippen molar-refractivity contribution in [1.82, 2.24) is 9.97 Å². The number of hydrogen-bond acceptors (Lipinski definition) is 4. The Morgan fingerprint density at radius 2 is 2.16 bits per heavy atom. The van der Waals surface area contributed by atoms with Crippen molar-refractivity contribution in [2.75, 3.05) is 0 Å². The standard InChI is InChI=1S/C18H17N5O2/c1-3-4-8-16(22-14-9-10-20-11-13(14)18(24)25)23-17(19)15-7-5-6-12(2)21-15/h3-11H,1H2,2H3,(H,24,25)(H2,19,20,22,23)/b8-4+. The van der Waals surface area contributed by atoms with Gasteiger partial charge in [-0.25, -0.2) is 19.8 Å². The lowest BCUT2D eigenvalue weighted by Gasteiger charge is -2.03. The monoisotopic (exact) mass is 335 g/mol. The van der Waals surface area contributed by atoms with Gasteiger partial charge in [0, 0.05) is 18.1 Å². The second-order valence-corrected chi connectivity index (χ2v) is 4.92. The predicted octanol–water partition coefficient (Wildman–Crippen LogP) is 2.66. The molecule has 0 radical (unpaired) electrons. The van der Waals surface area contributed by atoms with Crippen LogP contribution in [0.1, 0.15) is 21.7 Å². The third-order valence-corrected chi connectivity index (χ3v) is 3.03. The van der Waals surface area contributed by atoms with Crippen LogP contribution in [0.2, 0.25) is 0 Å². The average molecular weight is 335 g/mol. The summed E-state index contributed by atoms with van der Waals surface area (Å²) in [5, 5.41) is 9.23. The molecule has 0 aliphatic carbocycles. The van der Waals surface area contributed by atoms with Crippen molar-refractivity contribution in [2.24, 2.45) is 15.7 Å². The van der Waals surface area contributed by atoms with E-state index < -0.39 is 5.97 Å². The number of aliphatic imine (C=N–C) groups is 2. The third kappa shape index (κ3) is 4.93. The van der Waals surface area contributed by atoms with Gasteiger partial charge in [-0.2, -0.15) is 0 Å². The first-order chi connectivity index (χ1) is 12.0. The van der Waals surface area contributed by atoms with E-state index in [4.69, 9.17) is 5.73 Å². The van der Waals surface area contributed by atoms with Gasteiger partial charge in [-0.15, -0.1) is 0 Å². The third-order valence-electron chi connectivity index (χ3n) is 3.03. The number of rotatable bonds is 5. The molecule has 7 nitrogen and oxygen atoms in total. The van der Waals surface area contributed by atoms with Gasteiger partial charge in [0.15, 0.2) is 11.7 Å². The Kier molecular flexibility index (Phi) is 5.89. The summed E-state index contributed by atoms with van der Waals surface area (Å²) in [6, 6.07) is 6.89. The van der Waals surface area contributed by atoms with Crippen molar-refractivity contribution in [3.8, 4) is 0 Å². The smallest absolute Gasteiger partial charge is 0.339 e. The summed E-state index contributed by atoms with van der Waals surface area (Å²) in [6.07, 6.45) is 7.43. The number of amidine groups is 2. The van der Waals surface area contributed by atoms with E-state index in [1.54, 1.807) is 24.3 Å². The van der Waals surface area contributed by atoms with Crippen molar-refractivity contribution in [3.05, 3.63) is 78.4 Å². The van der Waals surface area contributed by atoms with Gasteiger partial charge in [-0.1, -0.05) is 24.8 Å². The van der Waals surface area contributed by atoms with Crippen molar-refractivity contribution in [3.63, 3.8) is 0 Å². The lowest BCUT2D eigenvalue weighted by molar-refractivity contribution is 0.0697. The minimum absolute atomic E-state index is 0.0329. The van der Waals surface area contributed by atoms with Crippen LogP contribution in [0.3, 0.4) is 0 Å². The number of nitrogens with zero attached hydrogens (tertiary/aromatic N) is 4. The number of carboxylic acid groups (broad SMARTS) is 1. The van der Waals surface area contributed by atoms with E-state index in [0.717, 1.165) is 5.69 Å². The molecule has 3 N–H and O–H groups in total. The molecule has 0 fully saturated rings. The zero-order valence-corrected chi connectivity index (χ0v) is 13.6. The molecule has 0 saturated heterocycles. The Bertz CT molecular complexity index is 885. The maximum absolute atomic E-state index is 11.3. The van der Waals surface area contributed by atoms with Crippen molar-refractivity contribution in [1.29, 1.82) is 0 Å². The van der Waals surface area contributed by atoms with Crippen LogP contribution in [0.5, 0.6) is 0 Å². The summed E-state index contributed by atoms with van der Waals surface area (Å²) >= 11 is 0. The molecule has 126 valence electrons. The van der Waals surface area contributed by atoms with Gasteiger partial charge >= 0.3 is 5.97 Å². The molecule has 2 rings (SSSR count). The van der Waals surface area contributed by atoms with Crippen LogP contribution in [0.15, 0.2) is 71.5 Å². The molecule has 7 heteroatoms. The molecular weight excluding hydrogens is 318 g/mol. The second-order valence-electron chi connectivity index (χ2n) is 4.92. The minimum Gasteiger partial charge on any atom is -0.478 e. The van der Waals surface area contributed by atoms with E-state index in [0.29, 0.717) is 5.69 Å². The normalized spacial score (nSPS) is 12.4. The number of allylic oxidation sites excluding steroid dienone is 2. The minimum atomic E-state index is -1.13. The number of hydrogen-bond donors (Lipinski definition) is 2. The van der Waals surface area contributed by atoms with Crippen LogP contribution < -0.4 is 5.73 Å². The molecule has 0 spiro atoms. The molecular formula is C18H17N5O2. The molecule has 0 aliphatic rings. The molecule has 0 unspecified atom stereocenters. The van der Waals surface area contributed by atoms with Crippen LogP contribution >= 0.6 is 0 Å². The van der Waals surface area contributed by atoms with Crippen LogP contribution in [0.4, 0.5) is 5.69 Å². The Hall–Kier alpha value is -3.61. The van der Waals surface area contributed by atoms with Gasteiger partial charge in [-0.3, -0.25) is 4.98 Å². The van der Waals surface area contributed by atoms with Crippen LogP contribution in [-0.2, 0) is 0 Å². The fraction of sp³-hybridized carbons (Fsp3) is 0.0556. The fourth-order valence-electron chi connectivity index (χ4n) is 1.89. The molecule has 0 aliphatic heterocycles. The van der Waals surface area contributed by atoms with Crippen LogP contribution in [0, 0.1) is 6.92 Å². The molecule has 0 bridgehead atoms. The van der Waals surface area contributed by atoms with Gasteiger partial charge in [-0.05, 0) is 31.2 Å². The van der Waals surface area contributed by atoms with E-state index in [-0.39, 0.29) is 22.9 Å². The molecule has 0 saturated carbocycles. The molecule has 2 aromatic rings. The van der Waals surface area contributed by atoms with Gasteiger partial charge in [0.05, 0.1) is 5.69 Å². The summed E-state index contributed by atoms with van der Waals surface area (Å²) in [6.45, 7) is 5.44. The predicted molar refractivity (Wildman–Crippen MR) is 97.3 cm³/mol. The topological polar surface area (TPSA) is 114 Å². The van der Waals surface area contributed by atoms with E-state index in [1.807, 2.05) is 19.1 Å². The summed E-state index contributed by atoms with van der Waals surface area (Å²) in [5.41, 5.74) is 7.51. The molecule has 2 heterocycles. The lowest BCUT2D eigenvalue weighted by Crippen LogP contribution is -2.17. The zero-order valence-electron chi connectivity index (χ0n) is 13.6. The van der Waals surface area contributed by atoms with Gasteiger partial charge in [0.1, 0.15) is 11.3 Å². The highest BCUT2D eigenvalue weighted by Crippen LogP contribution is 2.18. The number of nitrogens with two attached hydrogens (primary N) is 1. The summed E-state index contributed by atoms with van der Waals surface area (Å²) < 4.78 is 0.